The molecule has 2 aromatic carbocycles. The molecule has 1 aromatic heterocycles. The Bertz CT molecular complexity index is 1180. The summed E-state index contributed by atoms with van der Waals surface area (Å²) in [5.41, 5.74) is 1.62. The van der Waals surface area contributed by atoms with Crippen molar-refractivity contribution in [3.8, 4) is 17.2 Å². The molecule has 4 rings (SSSR count). The maximum absolute atomic E-state index is 13.1. The number of hydrogen-bond donors (Lipinski definition) is 0. The molecule has 0 saturated heterocycles. The predicted molar refractivity (Wildman–Crippen MR) is 123 cm³/mol. The number of amides is 1. The van der Waals surface area contributed by atoms with E-state index in [0.717, 1.165) is 16.2 Å². The number of thiophene rings is 1. The van der Waals surface area contributed by atoms with E-state index in [4.69, 9.17) is 14.2 Å². The van der Waals surface area contributed by atoms with Gasteiger partial charge in [0.05, 0.1) is 35.8 Å². The molecule has 0 fully saturated rings. The maximum Gasteiger partial charge on any atom is 0.281 e. The number of nitro benzene ring substituents is 1. The number of hydrogen-bond acceptors (Lipinski definition) is 8. The van der Waals surface area contributed by atoms with Crippen molar-refractivity contribution in [1.29, 1.82) is 0 Å². The van der Waals surface area contributed by atoms with Crippen LogP contribution in [0, 0.1) is 10.1 Å². The minimum atomic E-state index is -0.492. The van der Waals surface area contributed by atoms with E-state index >= 15 is 0 Å². The Balaban J connectivity index is 1.56. The molecule has 0 radical (unpaired) electrons. The molecule has 10 heteroatoms. The third-order valence-corrected chi connectivity index (χ3v) is 6.09. The SMILES string of the molecule is COc1ccc([C@@H]2CC(c3cccs3)=NN2C(=O)COc2ccc([N+](=O)[O-])cc2)cc1OC. The number of hydrazone groups is 1. The van der Waals surface area contributed by atoms with Crippen molar-refractivity contribution in [3.63, 3.8) is 0 Å². The van der Waals surface area contributed by atoms with Crippen LogP contribution in [0.3, 0.4) is 0 Å². The Kier molecular flexibility index (Phi) is 6.55. The van der Waals surface area contributed by atoms with Crippen LogP contribution in [-0.4, -0.2) is 42.4 Å². The van der Waals surface area contributed by atoms with E-state index in [1.807, 2.05) is 29.6 Å². The van der Waals surface area contributed by atoms with E-state index in [2.05, 4.69) is 5.10 Å². The molecule has 1 atom stereocenters. The van der Waals surface area contributed by atoms with Crippen molar-refractivity contribution >= 4 is 28.6 Å². The number of carbonyl (C=O) groups is 1. The zero-order valence-corrected chi connectivity index (χ0v) is 18.8. The van der Waals surface area contributed by atoms with Gasteiger partial charge >= 0.3 is 0 Å². The highest BCUT2D eigenvalue weighted by Gasteiger charge is 2.34. The van der Waals surface area contributed by atoms with Gasteiger partial charge in [-0.15, -0.1) is 11.3 Å². The number of rotatable bonds is 8. The Hall–Kier alpha value is -3.92. The zero-order valence-electron chi connectivity index (χ0n) is 18.0. The molecule has 0 bridgehead atoms. The van der Waals surface area contributed by atoms with E-state index in [9.17, 15) is 14.9 Å². The second kappa shape index (κ2) is 9.70. The van der Waals surface area contributed by atoms with Crippen LogP contribution < -0.4 is 14.2 Å². The lowest BCUT2D eigenvalue weighted by Crippen LogP contribution is -2.31. The Labute approximate surface area is 194 Å². The highest BCUT2D eigenvalue weighted by Crippen LogP contribution is 2.38. The van der Waals surface area contributed by atoms with E-state index in [-0.39, 0.29) is 24.2 Å². The van der Waals surface area contributed by atoms with Crippen LogP contribution >= 0.6 is 11.3 Å². The van der Waals surface area contributed by atoms with Crippen molar-refractivity contribution in [1.82, 2.24) is 5.01 Å². The predicted octanol–water partition coefficient (Wildman–Crippen LogP) is 4.43. The zero-order chi connectivity index (χ0) is 23.4. The van der Waals surface area contributed by atoms with Crippen LogP contribution in [0.4, 0.5) is 5.69 Å². The molecule has 1 aliphatic rings. The van der Waals surface area contributed by atoms with Crippen LogP contribution in [0.5, 0.6) is 17.2 Å². The van der Waals surface area contributed by atoms with Gasteiger partial charge in [-0.05, 0) is 41.3 Å². The van der Waals surface area contributed by atoms with E-state index in [1.165, 1.54) is 29.3 Å². The third-order valence-electron chi connectivity index (χ3n) is 5.17. The molecular formula is C23H21N3O6S. The van der Waals surface area contributed by atoms with Crippen molar-refractivity contribution in [3.05, 3.63) is 80.5 Å². The Morgan fingerprint density at radius 3 is 2.55 bits per heavy atom. The summed E-state index contributed by atoms with van der Waals surface area (Å²) in [4.78, 5) is 24.4. The monoisotopic (exact) mass is 467 g/mol. The van der Waals surface area contributed by atoms with Gasteiger partial charge in [-0.25, -0.2) is 5.01 Å². The summed E-state index contributed by atoms with van der Waals surface area (Å²) in [6.07, 6.45) is 0.541. The molecule has 170 valence electrons. The lowest BCUT2D eigenvalue weighted by atomic mass is 10.0. The van der Waals surface area contributed by atoms with Gasteiger partial charge in [-0.1, -0.05) is 12.1 Å². The lowest BCUT2D eigenvalue weighted by Gasteiger charge is -2.23. The van der Waals surface area contributed by atoms with Gasteiger partial charge in [0.25, 0.3) is 11.6 Å². The van der Waals surface area contributed by atoms with Gasteiger partial charge in [0, 0.05) is 18.6 Å². The number of nitrogens with zero attached hydrogens (tertiary/aromatic N) is 3. The van der Waals surface area contributed by atoms with Gasteiger partial charge in [0.1, 0.15) is 5.75 Å². The van der Waals surface area contributed by atoms with Crippen LogP contribution in [0.25, 0.3) is 0 Å². The van der Waals surface area contributed by atoms with Crippen molar-refractivity contribution in [2.24, 2.45) is 5.10 Å². The van der Waals surface area contributed by atoms with Crippen LogP contribution in [-0.2, 0) is 4.79 Å². The number of non-ortho nitro benzene ring substituents is 1. The maximum atomic E-state index is 13.1. The number of methoxy groups -OCH3 is 2. The van der Waals surface area contributed by atoms with Gasteiger partial charge in [0.2, 0.25) is 0 Å². The summed E-state index contributed by atoms with van der Waals surface area (Å²) in [6, 6.07) is 14.7. The number of nitro groups is 1. The fourth-order valence-electron chi connectivity index (χ4n) is 3.53. The molecule has 0 unspecified atom stereocenters. The first-order chi connectivity index (χ1) is 16.0. The second-order valence-electron chi connectivity index (χ2n) is 7.14. The van der Waals surface area contributed by atoms with Crippen molar-refractivity contribution in [2.75, 3.05) is 20.8 Å². The van der Waals surface area contributed by atoms with Crippen LogP contribution in [0.1, 0.15) is 22.9 Å². The quantitative estimate of drug-likeness (QED) is 0.359. The lowest BCUT2D eigenvalue weighted by molar-refractivity contribution is -0.384. The minimum absolute atomic E-state index is 0.0491. The normalized spacial score (nSPS) is 15.2. The van der Waals surface area contributed by atoms with Crippen molar-refractivity contribution in [2.45, 2.75) is 12.5 Å². The summed E-state index contributed by atoms with van der Waals surface area (Å²) >= 11 is 1.56. The summed E-state index contributed by atoms with van der Waals surface area (Å²) in [6.45, 7) is -0.261. The molecule has 2 heterocycles. The first-order valence-corrected chi connectivity index (χ1v) is 10.9. The van der Waals surface area contributed by atoms with E-state index < -0.39 is 4.92 Å². The summed E-state index contributed by atoms with van der Waals surface area (Å²) in [5.74, 6) is 1.19. The Morgan fingerprint density at radius 2 is 1.91 bits per heavy atom. The standard InChI is InChI=1S/C23H21N3O6S/c1-30-20-10-5-15(12-21(20)31-2)19-13-18(22-4-3-11-33-22)24-25(19)23(27)14-32-17-8-6-16(7-9-17)26(28)29/h3-12,19H,13-14H2,1-2H3/t19-/m0/s1. The highest BCUT2D eigenvalue weighted by atomic mass is 32.1. The first kappa shape index (κ1) is 22.3. The molecule has 1 amide bonds. The van der Waals surface area contributed by atoms with Gasteiger partial charge in [0.15, 0.2) is 18.1 Å². The largest absolute Gasteiger partial charge is 0.493 e. The molecule has 3 aromatic rings. The van der Waals surface area contributed by atoms with Gasteiger partial charge in [-0.3, -0.25) is 14.9 Å². The number of ether oxygens (including phenoxy) is 3. The molecule has 9 nitrogen and oxygen atoms in total. The molecule has 0 N–H and O–H groups in total. The van der Waals surface area contributed by atoms with Crippen LogP contribution in [0.2, 0.25) is 0 Å². The highest BCUT2D eigenvalue weighted by molar-refractivity contribution is 7.12. The molecule has 33 heavy (non-hydrogen) atoms. The minimum Gasteiger partial charge on any atom is -0.493 e. The number of carbonyl (C=O) groups excluding carboxylic acids is 1. The van der Waals surface area contributed by atoms with Crippen LogP contribution in [0.15, 0.2) is 65.1 Å². The van der Waals surface area contributed by atoms with E-state index in [1.54, 1.807) is 31.6 Å². The van der Waals surface area contributed by atoms with Gasteiger partial charge in [-0.2, -0.15) is 5.10 Å². The average molecular weight is 468 g/mol. The number of benzene rings is 2. The van der Waals surface area contributed by atoms with Crippen molar-refractivity contribution < 1.29 is 23.9 Å². The fraction of sp³-hybridized carbons (Fsp3) is 0.217. The second-order valence-corrected chi connectivity index (χ2v) is 8.08. The summed E-state index contributed by atoms with van der Waals surface area (Å²) < 4.78 is 16.3. The smallest absolute Gasteiger partial charge is 0.281 e. The topological polar surface area (TPSA) is 104 Å². The van der Waals surface area contributed by atoms with E-state index in [0.29, 0.717) is 23.7 Å². The molecule has 0 aliphatic carbocycles. The Morgan fingerprint density at radius 1 is 1.15 bits per heavy atom. The molecular weight excluding hydrogens is 446 g/mol. The van der Waals surface area contributed by atoms with Gasteiger partial charge < -0.3 is 14.2 Å². The molecule has 0 saturated carbocycles. The fourth-order valence-corrected chi connectivity index (χ4v) is 4.25. The summed E-state index contributed by atoms with van der Waals surface area (Å²) in [7, 11) is 3.13. The average Bonchev–Trinajstić information content (AvgIpc) is 3.52. The first-order valence-electron chi connectivity index (χ1n) is 10.0. The summed E-state index contributed by atoms with van der Waals surface area (Å²) in [5, 5.41) is 18.8. The molecule has 0 spiro atoms. The molecule has 1 aliphatic heterocycles. The third kappa shape index (κ3) is 4.80.